The van der Waals surface area contributed by atoms with E-state index in [0.29, 0.717) is 25.5 Å². The van der Waals surface area contributed by atoms with Gasteiger partial charge in [0, 0.05) is 19.6 Å². The van der Waals surface area contributed by atoms with E-state index >= 15 is 0 Å². The third-order valence-electron chi connectivity index (χ3n) is 2.81. The van der Waals surface area contributed by atoms with Crippen LogP contribution in [-0.4, -0.2) is 46.2 Å². The lowest BCUT2D eigenvalue weighted by Crippen LogP contribution is -2.50. The Hall–Kier alpha value is -1.76. The number of aromatic nitrogens is 2. The Kier molecular flexibility index (Phi) is 4.17. The second kappa shape index (κ2) is 5.70. The Labute approximate surface area is 117 Å². The largest absolute Gasteiger partial charge is 0.444 e. The maximum atomic E-state index is 12.9. The van der Waals surface area contributed by atoms with Gasteiger partial charge in [0.25, 0.3) is 0 Å². The molecule has 110 valence electrons. The van der Waals surface area contributed by atoms with Gasteiger partial charge in [0.2, 0.25) is 0 Å². The Morgan fingerprint density at radius 1 is 1.45 bits per heavy atom. The number of carbonyl (C=O) groups is 1. The first-order valence-electron chi connectivity index (χ1n) is 6.54. The lowest BCUT2D eigenvalue weighted by molar-refractivity contribution is 0.0108. The van der Waals surface area contributed by atoms with Crippen LogP contribution in [0.25, 0.3) is 0 Å². The van der Waals surface area contributed by atoms with Gasteiger partial charge in [-0.2, -0.15) is 0 Å². The quantitative estimate of drug-likeness (QED) is 0.845. The molecule has 1 aliphatic rings. The smallest absolute Gasteiger partial charge is 0.411 e. The SMILES string of the molecule is CC(C)(C)OC(=O)N1CCNCC1c1ncc(F)cn1. The van der Waals surface area contributed by atoms with Gasteiger partial charge in [-0.05, 0) is 20.8 Å². The molecule has 2 heterocycles. The molecule has 2 rings (SSSR count). The summed E-state index contributed by atoms with van der Waals surface area (Å²) in [6, 6.07) is -0.348. The lowest BCUT2D eigenvalue weighted by Gasteiger charge is -2.36. The predicted octanol–water partition coefficient (Wildman–Crippen LogP) is 1.50. The summed E-state index contributed by atoms with van der Waals surface area (Å²) in [7, 11) is 0. The number of hydrogen-bond acceptors (Lipinski definition) is 5. The number of halogens is 1. The van der Waals surface area contributed by atoms with Crippen molar-refractivity contribution < 1.29 is 13.9 Å². The number of rotatable bonds is 1. The van der Waals surface area contributed by atoms with Crippen molar-refractivity contribution in [3.63, 3.8) is 0 Å². The third kappa shape index (κ3) is 3.63. The Morgan fingerprint density at radius 3 is 2.70 bits per heavy atom. The van der Waals surface area contributed by atoms with Crippen LogP contribution in [0.3, 0.4) is 0 Å². The maximum absolute atomic E-state index is 12.9. The summed E-state index contributed by atoms with van der Waals surface area (Å²) >= 11 is 0. The van der Waals surface area contributed by atoms with Gasteiger partial charge in [0.05, 0.1) is 12.4 Å². The van der Waals surface area contributed by atoms with Crippen LogP contribution in [0.5, 0.6) is 0 Å². The van der Waals surface area contributed by atoms with Crippen molar-refractivity contribution in [2.24, 2.45) is 0 Å². The van der Waals surface area contributed by atoms with Crippen LogP contribution in [0, 0.1) is 5.82 Å². The number of carbonyl (C=O) groups excluding carboxylic acids is 1. The minimum Gasteiger partial charge on any atom is -0.444 e. The molecule has 0 aliphatic carbocycles. The van der Waals surface area contributed by atoms with Gasteiger partial charge in [0.15, 0.2) is 11.6 Å². The van der Waals surface area contributed by atoms with E-state index in [4.69, 9.17) is 4.74 Å². The molecule has 0 radical (unpaired) electrons. The Bertz CT molecular complexity index is 472. The van der Waals surface area contributed by atoms with E-state index in [1.165, 1.54) is 0 Å². The molecule has 1 aliphatic heterocycles. The highest BCUT2D eigenvalue weighted by molar-refractivity contribution is 5.69. The maximum Gasteiger partial charge on any atom is 0.411 e. The second-order valence-corrected chi connectivity index (χ2v) is 5.65. The summed E-state index contributed by atoms with van der Waals surface area (Å²) in [6.45, 7) is 7.14. The van der Waals surface area contributed by atoms with Crippen LogP contribution in [0.15, 0.2) is 12.4 Å². The highest BCUT2D eigenvalue weighted by Gasteiger charge is 2.32. The van der Waals surface area contributed by atoms with E-state index in [-0.39, 0.29) is 6.04 Å². The minimum atomic E-state index is -0.559. The van der Waals surface area contributed by atoms with E-state index in [1.807, 2.05) is 20.8 Å². The molecule has 1 N–H and O–H groups in total. The molecular weight excluding hydrogens is 263 g/mol. The predicted molar refractivity (Wildman–Crippen MR) is 70.5 cm³/mol. The highest BCUT2D eigenvalue weighted by Crippen LogP contribution is 2.21. The van der Waals surface area contributed by atoms with Crippen molar-refractivity contribution in [1.82, 2.24) is 20.2 Å². The number of nitrogens with one attached hydrogen (secondary N) is 1. The topological polar surface area (TPSA) is 67.3 Å². The highest BCUT2D eigenvalue weighted by atomic mass is 19.1. The molecule has 7 heteroatoms. The molecule has 0 bridgehead atoms. The number of amides is 1. The fraction of sp³-hybridized carbons (Fsp3) is 0.615. The normalized spacial score (nSPS) is 19.8. The van der Waals surface area contributed by atoms with Crippen molar-refractivity contribution in [2.75, 3.05) is 19.6 Å². The molecule has 6 nitrogen and oxygen atoms in total. The average Bonchev–Trinajstić information content (AvgIpc) is 2.38. The van der Waals surface area contributed by atoms with Gasteiger partial charge in [-0.3, -0.25) is 4.90 Å². The molecular formula is C13H19FN4O2. The average molecular weight is 282 g/mol. The van der Waals surface area contributed by atoms with Crippen LogP contribution in [-0.2, 0) is 4.74 Å². The van der Waals surface area contributed by atoms with Gasteiger partial charge in [0.1, 0.15) is 11.6 Å². The van der Waals surface area contributed by atoms with Crippen LogP contribution in [0.4, 0.5) is 9.18 Å². The summed E-state index contributed by atoms with van der Waals surface area (Å²) in [5, 5.41) is 3.17. The minimum absolute atomic E-state index is 0.348. The van der Waals surface area contributed by atoms with Gasteiger partial charge >= 0.3 is 6.09 Å². The summed E-state index contributed by atoms with van der Waals surface area (Å²) in [5.41, 5.74) is -0.559. The fourth-order valence-corrected chi connectivity index (χ4v) is 1.97. The zero-order valence-corrected chi connectivity index (χ0v) is 11.9. The molecule has 1 saturated heterocycles. The van der Waals surface area contributed by atoms with E-state index in [1.54, 1.807) is 4.90 Å². The van der Waals surface area contributed by atoms with E-state index in [0.717, 1.165) is 12.4 Å². The molecule has 0 spiro atoms. The van der Waals surface area contributed by atoms with Gasteiger partial charge < -0.3 is 10.1 Å². The summed E-state index contributed by atoms with van der Waals surface area (Å²) in [5.74, 6) is -0.0919. The van der Waals surface area contributed by atoms with Crippen molar-refractivity contribution in [3.05, 3.63) is 24.0 Å². The first-order valence-corrected chi connectivity index (χ1v) is 6.54. The lowest BCUT2D eigenvalue weighted by atomic mass is 10.1. The zero-order valence-electron chi connectivity index (χ0n) is 11.9. The third-order valence-corrected chi connectivity index (χ3v) is 2.81. The monoisotopic (exact) mass is 282 g/mol. The molecule has 0 aromatic carbocycles. The van der Waals surface area contributed by atoms with Gasteiger partial charge in [-0.25, -0.2) is 19.2 Å². The van der Waals surface area contributed by atoms with Crippen LogP contribution in [0.2, 0.25) is 0 Å². The van der Waals surface area contributed by atoms with Crippen LogP contribution >= 0.6 is 0 Å². The first kappa shape index (κ1) is 14.6. The van der Waals surface area contributed by atoms with E-state index in [2.05, 4.69) is 15.3 Å². The van der Waals surface area contributed by atoms with E-state index in [9.17, 15) is 9.18 Å². The van der Waals surface area contributed by atoms with Crippen LogP contribution < -0.4 is 5.32 Å². The van der Waals surface area contributed by atoms with Crippen molar-refractivity contribution in [2.45, 2.75) is 32.4 Å². The molecule has 1 atom stereocenters. The van der Waals surface area contributed by atoms with Gasteiger partial charge in [-0.1, -0.05) is 0 Å². The summed E-state index contributed by atoms with van der Waals surface area (Å²) in [4.78, 5) is 21.7. The Morgan fingerprint density at radius 2 is 2.10 bits per heavy atom. The number of hydrogen-bond donors (Lipinski definition) is 1. The van der Waals surface area contributed by atoms with Gasteiger partial charge in [-0.15, -0.1) is 0 Å². The Balaban J connectivity index is 2.16. The number of ether oxygens (including phenoxy) is 1. The molecule has 1 amide bonds. The second-order valence-electron chi connectivity index (χ2n) is 5.65. The van der Waals surface area contributed by atoms with E-state index < -0.39 is 17.5 Å². The molecule has 0 saturated carbocycles. The zero-order chi connectivity index (χ0) is 14.8. The van der Waals surface area contributed by atoms with Crippen LogP contribution in [0.1, 0.15) is 32.6 Å². The summed E-state index contributed by atoms with van der Waals surface area (Å²) in [6.07, 6.45) is 1.80. The van der Waals surface area contributed by atoms with Crippen molar-refractivity contribution in [3.8, 4) is 0 Å². The van der Waals surface area contributed by atoms with Crippen molar-refractivity contribution in [1.29, 1.82) is 0 Å². The standard InChI is InChI=1S/C13H19FN4O2/c1-13(2,3)20-12(19)18-5-4-15-8-10(18)11-16-6-9(14)7-17-11/h6-7,10,15H,4-5,8H2,1-3H3. The first-order chi connectivity index (χ1) is 9.37. The molecule has 1 aromatic heterocycles. The molecule has 1 unspecified atom stereocenters. The number of piperazine rings is 1. The fourth-order valence-electron chi connectivity index (χ4n) is 1.97. The molecule has 1 aromatic rings. The van der Waals surface area contributed by atoms with Crippen molar-refractivity contribution >= 4 is 6.09 Å². The number of nitrogens with zero attached hydrogens (tertiary/aromatic N) is 3. The molecule has 20 heavy (non-hydrogen) atoms. The molecule has 1 fully saturated rings. The summed E-state index contributed by atoms with van der Waals surface area (Å²) < 4.78 is 18.3.